The average Bonchev–Trinajstić information content (AvgIpc) is 3.95. The molecule has 0 radical (unpaired) electrons. The second-order valence-electron chi connectivity index (χ2n) is 16.4. The summed E-state index contributed by atoms with van der Waals surface area (Å²) in [5.41, 5.74) is 14.4. The van der Waals surface area contributed by atoms with Gasteiger partial charge >= 0.3 is 0 Å². The molecule has 0 aliphatic carbocycles. The molecule has 0 spiro atoms. The first-order valence-electron chi connectivity index (χ1n) is 21.5. The Hall–Kier alpha value is -8.67. The highest BCUT2D eigenvalue weighted by Crippen LogP contribution is 2.42. The summed E-state index contributed by atoms with van der Waals surface area (Å²) in [4.78, 5) is 15.0. The van der Waals surface area contributed by atoms with Crippen molar-refractivity contribution in [2.45, 2.75) is 0 Å². The van der Waals surface area contributed by atoms with E-state index in [9.17, 15) is 0 Å². The van der Waals surface area contributed by atoms with Gasteiger partial charge in [0.1, 0.15) is 22.3 Å². The fraction of sp³-hybridized carbons (Fsp3) is 0. The van der Waals surface area contributed by atoms with Crippen LogP contribution in [0.25, 0.3) is 133 Å². The molecule has 0 fully saturated rings. The summed E-state index contributed by atoms with van der Waals surface area (Å²) in [6.07, 6.45) is 3.70. The minimum Gasteiger partial charge on any atom is -0.455 e. The van der Waals surface area contributed by atoms with Crippen LogP contribution in [0.15, 0.2) is 221 Å². The van der Waals surface area contributed by atoms with E-state index in [1.807, 2.05) is 30.5 Å². The molecule has 13 rings (SSSR count). The van der Waals surface area contributed by atoms with Gasteiger partial charge in [0.25, 0.3) is 0 Å². The van der Waals surface area contributed by atoms with Crippen LogP contribution in [0.4, 0.5) is 0 Å². The predicted octanol–water partition coefficient (Wildman–Crippen LogP) is 16.0. The van der Waals surface area contributed by atoms with Crippen molar-refractivity contribution in [3.05, 3.63) is 213 Å². The van der Waals surface area contributed by atoms with E-state index in [0.717, 1.165) is 127 Å². The van der Waals surface area contributed by atoms with Crippen molar-refractivity contribution in [2.24, 2.45) is 0 Å². The molecule has 0 N–H and O–H groups in total. The lowest BCUT2D eigenvalue weighted by Crippen LogP contribution is -1.97. The third-order valence-electron chi connectivity index (χ3n) is 12.6. The zero-order valence-electron chi connectivity index (χ0n) is 34.4. The van der Waals surface area contributed by atoms with Crippen molar-refractivity contribution in [1.82, 2.24) is 15.0 Å². The summed E-state index contributed by atoms with van der Waals surface area (Å²) in [6, 6.07) is 70.2. The molecule has 9 aromatic carbocycles. The van der Waals surface area contributed by atoms with Crippen LogP contribution >= 0.6 is 0 Å². The zero-order chi connectivity index (χ0) is 42.1. The van der Waals surface area contributed by atoms with Crippen LogP contribution in [0.1, 0.15) is 0 Å². The van der Waals surface area contributed by atoms with Crippen molar-refractivity contribution in [1.29, 1.82) is 0 Å². The van der Waals surface area contributed by atoms with E-state index in [2.05, 4.69) is 181 Å². The summed E-state index contributed by atoms with van der Waals surface area (Å²) in [7, 11) is 0. The van der Waals surface area contributed by atoms with Gasteiger partial charge in [-0.3, -0.25) is 4.98 Å². The number of nitrogens with zero attached hydrogens (tertiary/aromatic N) is 3. The first kappa shape index (κ1) is 36.0. The van der Waals surface area contributed by atoms with Gasteiger partial charge in [-0.05, 0) is 105 Å². The molecule has 298 valence electrons. The lowest BCUT2D eigenvalue weighted by Gasteiger charge is -2.15. The minimum absolute atomic E-state index is 0.651. The predicted molar refractivity (Wildman–Crippen MR) is 262 cm³/mol. The van der Waals surface area contributed by atoms with Crippen LogP contribution in [0.5, 0.6) is 0 Å². The molecule has 0 saturated heterocycles. The topological polar surface area (TPSA) is 65.0 Å². The van der Waals surface area contributed by atoms with Crippen molar-refractivity contribution < 1.29 is 8.83 Å². The molecule has 13 aromatic rings. The Morgan fingerprint density at radius 2 is 0.859 bits per heavy atom. The lowest BCUT2D eigenvalue weighted by molar-refractivity contribution is 0.672. The van der Waals surface area contributed by atoms with E-state index in [0.29, 0.717) is 5.82 Å². The van der Waals surface area contributed by atoms with E-state index in [4.69, 9.17) is 18.8 Å². The summed E-state index contributed by atoms with van der Waals surface area (Å²) in [5.74, 6) is 0.651. The van der Waals surface area contributed by atoms with Crippen molar-refractivity contribution in [3.8, 4) is 67.3 Å². The van der Waals surface area contributed by atoms with Crippen LogP contribution in [0.3, 0.4) is 0 Å². The number of furan rings is 2. The molecule has 0 aliphatic rings. The van der Waals surface area contributed by atoms with E-state index >= 15 is 0 Å². The maximum Gasteiger partial charge on any atom is 0.160 e. The summed E-state index contributed by atoms with van der Waals surface area (Å²) >= 11 is 0. The highest BCUT2D eigenvalue weighted by molar-refractivity contribution is 6.17. The maximum atomic E-state index is 6.56. The molecular formula is C59H35N3O2. The van der Waals surface area contributed by atoms with Crippen molar-refractivity contribution in [2.75, 3.05) is 0 Å². The van der Waals surface area contributed by atoms with Crippen molar-refractivity contribution >= 4 is 65.4 Å². The Morgan fingerprint density at radius 3 is 1.48 bits per heavy atom. The van der Waals surface area contributed by atoms with E-state index in [1.165, 1.54) is 0 Å². The molecule has 5 nitrogen and oxygen atoms in total. The average molecular weight is 818 g/mol. The Bertz CT molecular complexity index is 3790. The van der Waals surface area contributed by atoms with E-state index in [1.54, 1.807) is 6.20 Å². The van der Waals surface area contributed by atoms with Crippen LogP contribution in [0.2, 0.25) is 0 Å². The third-order valence-corrected chi connectivity index (χ3v) is 12.6. The number of aromatic nitrogens is 3. The Labute approximate surface area is 367 Å². The van der Waals surface area contributed by atoms with Crippen LogP contribution in [-0.4, -0.2) is 15.0 Å². The molecule has 0 saturated carbocycles. The Morgan fingerprint density at radius 1 is 0.312 bits per heavy atom. The second kappa shape index (κ2) is 14.5. The summed E-state index contributed by atoms with van der Waals surface area (Å²) in [6.45, 7) is 0. The van der Waals surface area contributed by atoms with Gasteiger partial charge in [0, 0.05) is 67.0 Å². The van der Waals surface area contributed by atoms with Gasteiger partial charge in [-0.15, -0.1) is 0 Å². The number of hydrogen-bond acceptors (Lipinski definition) is 5. The summed E-state index contributed by atoms with van der Waals surface area (Å²) in [5, 5.41) is 8.87. The number of rotatable bonds is 6. The molecule has 0 aliphatic heterocycles. The molecular weight excluding hydrogens is 783 g/mol. The SMILES string of the molecule is c1ccc(-c2nc(-c3cc(-c4ccc5oc6c7ccccc7ccc6c5c4)cc(-c4ccc5oc6c7ccccc7ccc6c5c4)c3)cc(-c3ccccc3-c3cccnc3)n2)cc1. The maximum absolute atomic E-state index is 6.56. The zero-order valence-corrected chi connectivity index (χ0v) is 34.4. The molecule has 64 heavy (non-hydrogen) atoms. The first-order chi connectivity index (χ1) is 31.7. The molecule has 0 atom stereocenters. The normalized spacial score (nSPS) is 11.8. The van der Waals surface area contributed by atoms with Crippen molar-refractivity contribution in [3.63, 3.8) is 0 Å². The van der Waals surface area contributed by atoms with Crippen LogP contribution in [-0.2, 0) is 0 Å². The Balaban J connectivity index is 1.04. The molecule has 4 aromatic heterocycles. The third kappa shape index (κ3) is 5.98. The van der Waals surface area contributed by atoms with Gasteiger partial charge in [0.05, 0.1) is 11.4 Å². The van der Waals surface area contributed by atoms with Gasteiger partial charge in [0.15, 0.2) is 5.82 Å². The summed E-state index contributed by atoms with van der Waals surface area (Å²) < 4.78 is 13.1. The van der Waals surface area contributed by atoms with E-state index < -0.39 is 0 Å². The van der Waals surface area contributed by atoms with Crippen LogP contribution in [0, 0.1) is 0 Å². The van der Waals surface area contributed by atoms with Crippen LogP contribution < -0.4 is 0 Å². The molecule has 0 unspecified atom stereocenters. The molecule has 4 heterocycles. The Kier molecular flexibility index (Phi) is 8.15. The minimum atomic E-state index is 0.651. The number of hydrogen-bond donors (Lipinski definition) is 0. The second-order valence-corrected chi connectivity index (χ2v) is 16.4. The van der Waals surface area contributed by atoms with E-state index in [-0.39, 0.29) is 0 Å². The number of fused-ring (bicyclic) bond motifs is 10. The smallest absolute Gasteiger partial charge is 0.160 e. The largest absolute Gasteiger partial charge is 0.455 e. The highest BCUT2D eigenvalue weighted by Gasteiger charge is 2.18. The fourth-order valence-corrected chi connectivity index (χ4v) is 9.41. The number of benzene rings is 9. The molecule has 0 amide bonds. The van der Waals surface area contributed by atoms with Gasteiger partial charge in [-0.2, -0.15) is 0 Å². The highest BCUT2D eigenvalue weighted by atomic mass is 16.3. The monoisotopic (exact) mass is 817 g/mol. The van der Waals surface area contributed by atoms with Gasteiger partial charge in [0.2, 0.25) is 0 Å². The fourth-order valence-electron chi connectivity index (χ4n) is 9.41. The lowest BCUT2D eigenvalue weighted by atomic mass is 9.92. The molecule has 0 bridgehead atoms. The number of pyridine rings is 1. The van der Waals surface area contributed by atoms with Gasteiger partial charge < -0.3 is 8.83 Å². The quantitative estimate of drug-likeness (QED) is 0.167. The first-order valence-corrected chi connectivity index (χ1v) is 21.5. The standard InChI is InChI=1S/C59H35N3O2/c1-2-13-38(14-3-1)59-61-53(34-54(62-59)48-19-9-8-16-45(48)41-15-10-28-60-35-41)44-30-42(39-22-26-55-51(32-39)49-24-20-36-11-4-6-17-46(36)57(49)63-55)29-43(31-44)40-23-27-56-52(33-40)50-25-21-37-12-5-7-18-47(37)58(50)64-56/h1-35H. The van der Waals surface area contributed by atoms with Gasteiger partial charge in [-0.25, -0.2) is 9.97 Å². The van der Waals surface area contributed by atoms with Gasteiger partial charge in [-0.1, -0.05) is 133 Å². The molecule has 5 heteroatoms.